The Morgan fingerprint density at radius 1 is 1.12 bits per heavy atom. The standard InChI is InChI=1S/C19H29N3O2/c1-12-20-18(22-24-12)19(2,16-9-10-16)21-17(23)15-8-7-13-5-3-4-6-14(13)11-15/h13-16H,3-11H2,1-2H3,(H,21,23). The molecule has 0 radical (unpaired) electrons. The topological polar surface area (TPSA) is 68.0 Å². The Hall–Kier alpha value is -1.39. The van der Waals surface area contributed by atoms with E-state index in [0.717, 1.165) is 37.5 Å². The average Bonchev–Trinajstić information content (AvgIpc) is 3.36. The Morgan fingerprint density at radius 2 is 1.88 bits per heavy atom. The highest BCUT2D eigenvalue weighted by atomic mass is 16.5. The SMILES string of the molecule is Cc1nc(C(C)(NC(=O)C2CCC3CCCCC3C2)C2CC2)no1. The summed E-state index contributed by atoms with van der Waals surface area (Å²) in [6.07, 6.45) is 11.0. The predicted octanol–water partition coefficient (Wildman–Crippen LogP) is 3.73. The predicted molar refractivity (Wildman–Crippen MR) is 90.0 cm³/mol. The quantitative estimate of drug-likeness (QED) is 0.913. The number of aryl methyl sites for hydroxylation is 1. The van der Waals surface area contributed by atoms with Gasteiger partial charge in [-0.1, -0.05) is 30.8 Å². The van der Waals surface area contributed by atoms with E-state index in [9.17, 15) is 4.79 Å². The highest BCUT2D eigenvalue weighted by Crippen LogP contribution is 2.46. The summed E-state index contributed by atoms with van der Waals surface area (Å²) in [6.45, 7) is 3.87. The van der Waals surface area contributed by atoms with E-state index in [1.54, 1.807) is 6.92 Å². The molecule has 132 valence electrons. The second-order valence-corrected chi connectivity index (χ2v) is 8.42. The first-order valence-electron chi connectivity index (χ1n) is 9.69. The molecule has 4 atom stereocenters. The number of hydrogen-bond donors (Lipinski definition) is 1. The third kappa shape index (κ3) is 2.98. The monoisotopic (exact) mass is 331 g/mol. The summed E-state index contributed by atoms with van der Waals surface area (Å²) in [5.74, 6) is 3.65. The molecule has 5 heteroatoms. The van der Waals surface area contributed by atoms with Gasteiger partial charge in [0.05, 0.1) is 0 Å². The fraction of sp³-hybridized carbons (Fsp3) is 0.842. The fourth-order valence-electron chi connectivity index (χ4n) is 4.98. The number of nitrogens with zero attached hydrogens (tertiary/aromatic N) is 2. The van der Waals surface area contributed by atoms with Crippen LogP contribution in [0.5, 0.6) is 0 Å². The zero-order chi connectivity index (χ0) is 16.7. The zero-order valence-electron chi connectivity index (χ0n) is 14.9. The van der Waals surface area contributed by atoms with Crippen molar-refractivity contribution in [3.8, 4) is 0 Å². The normalized spacial score (nSPS) is 32.7. The summed E-state index contributed by atoms with van der Waals surface area (Å²) in [5, 5.41) is 7.44. The van der Waals surface area contributed by atoms with Crippen LogP contribution < -0.4 is 5.32 Å². The summed E-state index contributed by atoms with van der Waals surface area (Å²) in [6, 6.07) is 0. The first-order valence-corrected chi connectivity index (χ1v) is 9.69. The van der Waals surface area contributed by atoms with Crippen molar-refractivity contribution < 1.29 is 9.32 Å². The van der Waals surface area contributed by atoms with Crippen LogP contribution in [0.3, 0.4) is 0 Å². The van der Waals surface area contributed by atoms with Crippen LogP contribution in [-0.4, -0.2) is 16.0 Å². The number of carbonyl (C=O) groups excluding carboxylic acids is 1. The van der Waals surface area contributed by atoms with Gasteiger partial charge in [0, 0.05) is 12.8 Å². The first-order chi connectivity index (χ1) is 11.6. The summed E-state index contributed by atoms with van der Waals surface area (Å²) in [7, 11) is 0. The van der Waals surface area contributed by atoms with Crippen LogP contribution in [0.2, 0.25) is 0 Å². The van der Waals surface area contributed by atoms with Crippen LogP contribution in [0.25, 0.3) is 0 Å². The van der Waals surface area contributed by atoms with Crippen LogP contribution in [0, 0.1) is 30.6 Å². The number of nitrogens with one attached hydrogen (secondary N) is 1. The van der Waals surface area contributed by atoms with Gasteiger partial charge in [-0.05, 0) is 56.8 Å². The summed E-state index contributed by atoms with van der Waals surface area (Å²) in [4.78, 5) is 17.4. The van der Waals surface area contributed by atoms with Crippen LogP contribution in [0.1, 0.15) is 76.4 Å². The van der Waals surface area contributed by atoms with E-state index in [2.05, 4.69) is 22.4 Å². The summed E-state index contributed by atoms with van der Waals surface area (Å²) >= 11 is 0. The number of amides is 1. The van der Waals surface area contributed by atoms with Crippen molar-refractivity contribution in [1.29, 1.82) is 0 Å². The van der Waals surface area contributed by atoms with E-state index >= 15 is 0 Å². The molecule has 1 aromatic heterocycles. The second-order valence-electron chi connectivity index (χ2n) is 8.42. The van der Waals surface area contributed by atoms with Gasteiger partial charge in [-0.25, -0.2) is 0 Å². The molecule has 1 amide bonds. The van der Waals surface area contributed by atoms with E-state index in [1.807, 2.05) is 0 Å². The van der Waals surface area contributed by atoms with Crippen molar-refractivity contribution in [2.75, 3.05) is 0 Å². The highest BCUT2D eigenvalue weighted by Gasteiger charge is 2.48. The molecule has 3 aliphatic carbocycles. The lowest BCUT2D eigenvalue weighted by atomic mass is 9.67. The van der Waals surface area contributed by atoms with Gasteiger partial charge in [0.2, 0.25) is 11.8 Å². The molecule has 1 aromatic rings. The molecule has 0 aliphatic heterocycles. The molecule has 5 nitrogen and oxygen atoms in total. The number of rotatable bonds is 4. The van der Waals surface area contributed by atoms with Crippen molar-refractivity contribution in [1.82, 2.24) is 15.5 Å². The number of hydrogen-bond acceptors (Lipinski definition) is 4. The Labute approximate surface area is 144 Å². The minimum absolute atomic E-state index is 0.162. The summed E-state index contributed by atoms with van der Waals surface area (Å²) in [5.41, 5.74) is -0.474. The molecule has 3 aliphatic rings. The lowest BCUT2D eigenvalue weighted by molar-refractivity contribution is -0.129. The van der Waals surface area contributed by atoms with E-state index < -0.39 is 5.54 Å². The van der Waals surface area contributed by atoms with Crippen LogP contribution >= 0.6 is 0 Å². The third-order valence-corrected chi connectivity index (χ3v) is 6.68. The molecule has 0 aromatic carbocycles. The van der Waals surface area contributed by atoms with E-state index in [-0.39, 0.29) is 11.8 Å². The van der Waals surface area contributed by atoms with Crippen LogP contribution in [0.4, 0.5) is 0 Å². The maximum atomic E-state index is 13.0. The molecular formula is C19H29N3O2. The van der Waals surface area contributed by atoms with E-state index in [1.165, 1.54) is 32.1 Å². The molecule has 4 rings (SSSR count). The molecule has 24 heavy (non-hydrogen) atoms. The fourth-order valence-corrected chi connectivity index (χ4v) is 4.98. The van der Waals surface area contributed by atoms with Crippen molar-refractivity contribution in [3.63, 3.8) is 0 Å². The molecule has 3 fully saturated rings. The molecule has 0 saturated heterocycles. The molecule has 3 saturated carbocycles. The van der Waals surface area contributed by atoms with Gasteiger partial charge >= 0.3 is 0 Å². The van der Waals surface area contributed by atoms with Gasteiger partial charge < -0.3 is 9.84 Å². The molecule has 0 bridgehead atoms. The Morgan fingerprint density at radius 3 is 2.54 bits per heavy atom. The molecule has 0 spiro atoms. The van der Waals surface area contributed by atoms with E-state index in [4.69, 9.17) is 4.52 Å². The van der Waals surface area contributed by atoms with Gasteiger partial charge in [0.25, 0.3) is 0 Å². The number of fused-ring (bicyclic) bond motifs is 1. The van der Waals surface area contributed by atoms with Gasteiger partial charge in [-0.2, -0.15) is 4.98 Å². The molecule has 1 heterocycles. The number of carbonyl (C=O) groups is 1. The maximum absolute atomic E-state index is 13.0. The van der Waals surface area contributed by atoms with Crippen molar-refractivity contribution in [2.24, 2.45) is 23.7 Å². The van der Waals surface area contributed by atoms with Gasteiger partial charge in [0.15, 0.2) is 5.82 Å². The Bertz CT molecular complexity index is 610. The van der Waals surface area contributed by atoms with E-state index in [0.29, 0.717) is 17.6 Å². The van der Waals surface area contributed by atoms with Gasteiger partial charge in [0.1, 0.15) is 5.54 Å². The average molecular weight is 331 g/mol. The van der Waals surface area contributed by atoms with Crippen molar-refractivity contribution in [3.05, 3.63) is 11.7 Å². The highest BCUT2D eigenvalue weighted by molar-refractivity contribution is 5.79. The zero-order valence-corrected chi connectivity index (χ0v) is 14.9. The third-order valence-electron chi connectivity index (χ3n) is 6.68. The minimum Gasteiger partial charge on any atom is -0.343 e. The first kappa shape index (κ1) is 16.1. The minimum atomic E-state index is -0.474. The lowest BCUT2D eigenvalue weighted by Crippen LogP contribution is -2.49. The second kappa shape index (κ2) is 6.16. The largest absolute Gasteiger partial charge is 0.343 e. The van der Waals surface area contributed by atoms with Crippen molar-refractivity contribution >= 4 is 5.91 Å². The molecule has 1 N–H and O–H groups in total. The van der Waals surface area contributed by atoms with Crippen molar-refractivity contribution in [2.45, 2.75) is 77.2 Å². The molecule has 4 unspecified atom stereocenters. The Kier molecular flexibility index (Phi) is 4.13. The Balaban J connectivity index is 1.46. The lowest BCUT2D eigenvalue weighted by Gasteiger charge is -2.40. The maximum Gasteiger partial charge on any atom is 0.223 e. The van der Waals surface area contributed by atoms with Gasteiger partial charge in [-0.15, -0.1) is 0 Å². The molecular weight excluding hydrogens is 302 g/mol. The van der Waals surface area contributed by atoms with Crippen LogP contribution in [-0.2, 0) is 10.3 Å². The van der Waals surface area contributed by atoms with Crippen LogP contribution in [0.15, 0.2) is 4.52 Å². The number of aromatic nitrogens is 2. The van der Waals surface area contributed by atoms with Gasteiger partial charge in [-0.3, -0.25) is 4.79 Å². The summed E-state index contributed by atoms with van der Waals surface area (Å²) < 4.78 is 5.17. The smallest absolute Gasteiger partial charge is 0.223 e.